The molecule has 0 aliphatic carbocycles. The lowest BCUT2D eigenvalue weighted by Crippen LogP contribution is -2.31. The summed E-state index contributed by atoms with van der Waals surface area (Å²) >= 11 is 1.46. The summed E-state index contributed by atoms with van der Waals surface area (Å²) in [4.78, 5) is 32.3. The number of aromatic nitrogens is 2. The predicted octanol–water partition coefficient (Wildman–Crippen LogP) is 2.76. The number of fused-ring (bicyclic) bond motifs is 1. The second-order valence-electron chi connectivity index (χ2n) is 5.87. The molecule has 0 fully saturated rings. The number of ether oxygens (including phenoxy) is 2. The van der Waals surface area contributed by atoms with Crippen LogP contribution >= 0.6 is 11.8 Å². The highest BCUT2D eigenvalue weighted by Crippen LogP contribution is 2.42. The molecule has 2 aromatic rings. The molecule has 1 amide bonds. The molecule has 0 bridgehead atoms. The number of rotatable bonds is 6. The third kappa shape index (κ3) is 3.41. The summed E-state index contributed by atoms with van der Waals surface area (Å²) in [6.07, 6.45) is 1.10. The molecule has 0 radical (unpaired) electrons. The first-order valence-electron chi connectivity index (χ1n) is 8.36. The van der Waals surface area contributed by atoms with Crippen LogP contribution in [-0.4, -0.2) is 35.8 Å². The zero-order valence-electron chi connectivity index (χ0n) is 14.9. The lowest BCUT2D eigenvalue weighted by Gasteiger charge is -2.26. The summed E-state index contributed by atoms with van der Waals surface area (Å²) in [7, 11) is 3.09. The Morgan fingerprint density at radius 1 is 1.27 bits per heavy atom. The van der Waals surface area contributed by atoms with Gasteiger partial charge in [0.15, 0.2) is 16.7 Å². The summed E-state index contributed by atoms with van der Waals surface area (Å²) in [5, 5.41) is 3.24. The lowest BCUT2D eigenvalue weighted by atomic mass is 9.86. The molecule has 26 heavy (non-hydrogen) atoms. The van der Waals surface area contributed by atoms with E-state index in [1.807, 2.05) is 12.1 Å². The molecule has 1 atom stereocenters. The van der Waals surface area contributed by atoms with Crippen molar-refractivity contribution in [2.75, 3.05) is 25.3 Å². The number of H-pyrrole nitrogens is 1. The maximum Gasteiger partial charge on any atom is 0.257 e. The minimum absolute atomic E-state index is 0.142. The molecule has 0 saturated carbocycles. The van der Waals surface area contributed by atoms with Crippen molar-refractivity contribution in [1.29, 1.82) is 0 Å². The van der Waals surface area contributed by atoms with Gasteiger partial charge in [-0.25, -0.2) is 4.98 Å². The number of aromatic amines is 1. The fourth-order valence-electron chi connectivity index (χ4n) is 3.07. The molecule has 0 saturated heterocycles. The number of benzene rings is 1. The lowest BCUT2D eigenvalue weighted by molar-refractivity contribution is -0.116. The number of hydrogen-bond acceptors (Lipinski definition) is 6. The summed E-state index contributed by atoms with van der Waals surface area (Å²) in [6, 6.07) is 5.43. The predicted molar refractivity (Wildman–Crippen MR) is 101 cm³/mol. The summed E-state index contributed by atoms with van der Waals surface area (Å²) in [5.41, 5.74) is 0.921. The Hall–Kier alpha value is -2.48. The van der Waals surface area contributed by atoms with Crippen LogP contribution in [0.25, 0.3) is 0 Å². The first kappa shape index (κ1) is 18.3. The van der Waals surface area contributed by atoms with Crippen LogP contribution in [0.15, 0.2) is 28.2 Å². The molecule has 1 aromatic heterocycles. The van der Waals surface area contributed by atoms with Gasteiger partial charge in [-0.2, -0.15) is 0 Å². The Balaban J connectivity index is 2.13. The molecule has 2 N–H and O–H groups in total. The van der Waals surface area contributed by atoms with Crippen molar-refractivity contribution in [2.24, 2.45) is 0 Å². The molecular weight excluding hydrogens is 354 g/mol. The second-order valence-corrected chi connectivity index (χ2v) is 6.95. The number of nitrogens with zero attached hydrogens (tertiary/aromatic N) is 1. The topological polar surface area (TPSA) is 93.3 Å². The number of hydrogen-bond donors (Lipinski definition) is 2. The van der Waals surface area contributed by atoms with Crippen molar-refractivity contribution in [3.05, 3.63) is 39.7 Å². The van der Waals surface area contributed by atoms with E-state index in [1.165, 1.54) is 18.9 Å². The van der Waals surface area contributed by atoms with Gasteiger partial charge in [0.25, 0.3) is 5.56 Å². The summed E-state index contributed by atoms with van der Waals surface area (Å²) < 4.78 is 10.8. The van der Waals surface area contributed by atoms with E-state index in [9.17, 15) is 9.59 Å². The molecule has 3 rings (SSSR count). The van der Waals surface area contributed by atoms with Crippen molar-refractivity contribution in [3.8, 4) is 11.5 Å². The molecule has 0 unspecified atom stereocenters. The minimum Gasteiger partial charge on any atom is -0.493 e. The van der Waals surface area contributed by atoms with Crippen molar-refractivity contribution in [3.63, 3.8) is 0 Å². The molecule has 138 valence electrons. The zero-order valence-corrected chi connectivity index (χ0v) is 15.7. The number of methoxy groups -OCH3 is 2. The van der Waals surface area contributed by atoms with Gasteiger partial charge < -0.3 is 19.8 Å². The third-order valence-electron chi connectivity index (χ3n) is 4.18. The van der Waals surface area contributed by atoms with Gasteiger partial charge in [-0.05, 0) is 12.5 Å². The normalized spacial score (nSPS) is 16.0. The van der Waals surface area contributed by atoms with Crippen LogP contribution in [-0.2, 0) is 4.79 Å². The van der Waals surface area contributed by atoms with Crippen LogP contribution < -0.4 is 20.3 Å². The van der Waals surface area contributed by atoms with Crippen LogP contribution in [0.4, 0.5) is 5.82 Å². The number of anilines is 1. The second kappa shape index (κ2) is 7.82. The van der Waals surface area contributed by atoms with Crippen LogP contribution in [0.5, 0.6) is 11.5 Å². The maximum absolute atomic E-state index is 12.8. The monoisotopic (exact) mass is 375 g/mol. The van der Waals surface area contributed by atoms with E-state index in [0.717, 1.165) is 17.7 Å². The van der Waals surface area contributed by atoms with Gasteiger partial charge in [-0.15, -0.1) is 0 Å². The van der Waals surface area contributed by atoms with E-state index >= 15 is 0 Å². The van der Waals surface area contributed by atoms with Crippen molar-refractivity contribution in [1.82, 2.24) is 9.97 Å². The zero-order chi connectivity index (χ0) is 18.7. The van der Waals surface area contributed by atoms with E-state index in [2.05, 4.69) is 22.2 Å². The van der Waals surface area contributed by atoms with Gasteiger partial charge in [0.1, 0.15) is 5.82 Å². The Labute approximate surface area is 155 Å². The largest absolute Gasteiger partial charge is 0.493 e. The number of amides is 1. The van der Waals surface area contributed by atoms with Gasteiger partial charge in [0.05, 0.1) is 19.8 Å². The molecule has 1 aromatic carbocycles. The molecule has 1 aliphatic rings. The van der Waals surface area contributed by atoms with E-state index in [4.69, 9.17) is 9.47 Å². The van der Waals surface area contributed by atoms with Gasteiger partial charge in [-0.3, -0.25) is 9.59 Å². The van der Waals surface area contributed by atoms with E-state index < -0.39 is 5.92 Å². The smallest absolute Gasteiger partial charge is 0.257 e. The maximum atomic E-state index is 12.8. The number of thioether (sulfide) groups is 1. The molecule has 7 nitrogen and oxygen atoms in total. The van der Waals surface area contributed by atoms with Crippen molar-refractivity contribution in [2.45, 2.75) is 30.8 Å². The first-order valence-corrected chi connectivity index (χ1v) is 9.35. The van der Waals surface area contributed by atoms with Gasteiger partial charge >= 0.3 is 0 Å². The Kier molecular flexibility index (Phi) is 5.51. The fourth-order valence-corrected chi connectivity index (χ4v) is 3.79. The highest BCUT2D eigenvalue weighted by atomic mass is 32.2. The van der Waals surface area contributed by atoms with E-state index in [0.29, 0.717) is 28.0 Å². The molecular formula is C18H21N3O4S. The summed E-state index contributed by atoms with van der Waals surface area (Å²) in [5.74, 6) is 1.59. The number of carbonyl (C=O) groups is 1. The van der Waals surface area contributed by atoms with Crippen LogP contribution in [0, 0.1) is 0 Å². The average molecular weight is 375 g/mol. The SMILES string of the molecule is CCCSc1nc2c(c(=O)[nH]1)[C@H](c1cccc(OC)c1OC)CC(=O)N2. The molecule has 0 spiro atoms. The highest BCUT2D eigenvalue weighted by molar-refractivity contribution is 7.99. The van der Waals surface area contributed by atoms with Crippen LogP contribution in [0.2, 0.25) is 0 Å². The minimum atomic E-state index is -0.453. The number of para-hydroxylation sites is 1. The number of carbonyl (C=O) groups excluding carboxylic acids is 1. The Morgan fingerprint density at radius 3 is 2.77 bits per heavy atom. The number of nitrogens with one attached hydrogen (secondary N) is 2. The molecule has 1 aliphatic heterocycles. The van der Waals surface area contributed by atoms with Crippen LogP contribution in [0.1, 0.15) is 36.8 Å². The third-order valence-corrected chi connectivity index (χ3v) is 5.26. The van der Waals surface area contributed by atoms with Gasteiger partial charge in [0, 0.05) is 23.7 Å². The molecule has 8 heteroatoms. The highest BCUT2D eigenvalue weighted by Gasteiger charge is 2.33. The summed E-state index contributed by atoms with van der Waals surface area (Å²) in [6.45, 7) is 2.05. The average Bonchev–Trinajstić information content (AvgIpc) is 2.64. The quantitative estimate of drug-likeness (QED) is 0.596. The Bertz CT molecular complexity index is 881. The fraction of sp³-hybridized carbons (Fsp3) is 0.389. The Morgan fingerprint density at radius 2 is 2.08 bits per heavy atom. The van der Waals surface area contributed by atoms with E-state index in [1.54, 1.807) is 13.2 Å². The van der Waals surface area contributed by atoms with Crippen molar-refractivity contribution < 1.29 is 14.3 Å². The molecule has 2 heterocycles. The first-order chi connectivity index (χ1) is 12.6. The van der Waals surface area contributed by atoms with Gasteiger partial charge in [-0.1, -0.05) is 30.8 Å². The van der Waals surface area contributed by atoms with E-state index in [-0.39, 0.29) is 17.9 Å². The van der Waals surface area contributed by atoms with Crippen molar-refractivity contribution >= 4 is 23.5 Å². The van der Waals surface area contributed by atoms with Gasteiger partial charge in [0.2, 0.25) is 5.91 Å². The van der Waals surface area contributed by atoms with Crippen LogP contribution in [0.3, 0.4) is 0 Å². The standard InChI is InChI=1S/C18H21N3O4S/c1-4-8-26-18-20-16-14(17(23)21-18)11(9-13(22)19-16)10-6-5-7-12(24-2)15(10)25-3/h5-7,11H,4,8-9H2,1-3H3,(H2,19,20,21,22,23)/t11-/m0/s1.